The largest absolute Gasteiger partial charge is 0.324 e. The minimum absolute atomic E-state index is 0.344. The Morgan fingerprint density at radius 2 is 2.22 bits per heavy atom. The zero-order valence-electron chi connectivity index (χ0n) is 10.5. The zero-order valence-corrected chi connectivity index (χ0v) is 12.1. The molecule has 1 N–H and O–H groups in total. The van der Waals surface area contributed by atoms with Crippen LogP contribution < -0.4 is 5.32 Å². The van der Waals surface area contributed by atoms with Gasteiger partial charge < -0.3 is 5.32 Å². The van der Waals surface area contributed by atoms with Crippen LogP contribution in [-0.2, 0) is 4.79 Å². The number of carbonyl (C=O) groups is 1. The van der Waals surface area contributed by atoms with Crippen molar-refractivity contribution >= 4 is 27.5 Å². The van der Waals surface area contributed by atoms with Crippen molar-refractivity contribution in [2.24, 2.45) is 5.41 Å². The summed E-state index contributed by atoms with van der Waals surface area (Å²) in [5, 5.41) is 11.6. The number of hydrogen-bond acceptors (Lipinski definition) is 2. The van der Waals surface area contributed by atoms with Gasteiger partial charge in [0.15, 0.2) is 0 Å². The van der Waals surface area contributed by atoms with E-state index in [0.29, 0.717) is 16.6 Å². The number of halogens is 2. The van der Waals surface area contributed by atoms with Crippen molar-refractivity contribution in [2.75, 3.05) is 5.32 Å². The summed E-state index contributed by atoms with van der Waals surface area (Å²) in [5.74, 6) is -0.872. The molecular weight excluding hydrogens is 299 g/mol. The molecule has 0 fully saturated rings. The highest BCUT2D eigenvalue weighted by Gasteiger charge is 2.31. The first-order valence-electron chi connectivity index (χ1n) is 5.52. The van der Waals surface area contributed by atoms with E-state index >= 15 is 0 Å². The molecule has 1 amide bonds. The van der Waals surface area contributed by atoms with Crippen molar-refractivity contribution in [3.05, 3.63) is 28.0 Å². The fourth-order valence-electron chi connectivity index (χ4n) is 1.33. The Labute approximate surface area is 114 Å². The molecule has 1 atom stereocenters. The van der Waals surface area contributed by atoms with Crippen molar-refractivity contribution in [1.82, 2.24) is 0 Å². The quantitative estimate of drug-likeness (QED) is 0.923. The fourth-order valence-corrected chi connectivity index (χ4v) is 1.79. The molecule has 3 nitrogen and oxygen atoms in total. The van der Waals surface area contributed by atoms with Gasteiger partial charge in [-0.2, -0.15) is 5.26 Å². The van der Waals surface area contributed by atoms with Crippen LogP contribution in [0, 0.1) is 29.5 Å². The molecule has 1 rings (SSSR count). The van der Waals surface area contributed by atoms with Crippen LogP contribution in [0.1, 0.15) is 25.8 Å². The van der Waals surface area contributed by atoms with Gasteiger partial charge in [0, 0.05) is 5.69 Å². The van der Waals surface area contributed by atoms with E-state index in [9.17, 15) is 9.18 Å². The highest BCUT2D eigenvalue weighted by Crippen LogP contribution is 2.27. The Hall–Kier alpha value is -1.41. The number of nitrogens with one attached hydrogen (secondary N) is 1. The van der Waals surface area contributed by atoms with Gasteiger partial charge in [0.25, 0.3) is 0 Å². The maximum atomic E-state index is 13.4. The molecule has 5 heteroatoms. The Kier molecular flexibility index (Phi) is 4.47. The Bertz CT molecular complexity index is 524. The lowest BCUT2D eigenvalue weighted by atomic mass is 9.88. The van der Waals surface area contributed by atoms with Crippen molar-refractivity contribution < 1.29 is 9.18 Å². The van der Waals surface area contributed by atoms with Gasteiger partial charge in [-0.05, 0) is 53.9 Å². The summed E-state index contributed by atoms with van der Waals surface area (Å²) >= 11 is 3.07. The molecule has 0 aliphatic rings. The van der Waals surface area contributed by atoms with Gasteiger partial charge in [-0.3, -0.25) is 4.79 Å². The monoisotopic (exact) mass is 312 g/mol. The van der Waals surface area contributed by atoms with E-state index in [-0.39, 0.29) is 0 Å². The molecule has 0 spiro atoms. The van der Waals surface area contributed by atoms with E-state index in [2.05, 4.69) is 21.2 Å². The third kappa shape index (κ3) is 2.88. The number of amides is 1. The van der Waals surface area contributed by atoms with E-state index in [0.717, 1.165) is 5.56 Å². The van der Waals surface area contributed by atoms with Crippen LogP contribution >= 0.6 is 15.9 Å². The minimum atomic E-state index is -1.10. The van der Waals surface area contributed by atoms with Crippen LogP contribution in [0.3, 0.4) is 0 Å². The summed E-state index contributed by atoms with van der Waals surface area (Å²) in [4.78, 5) is 12.0. The van der Waals surface area contributed by atoms with Crippen LogP contribution in [0.5, 0.6) is 0 Å². The van der Waals surface area contributed by atoms with Crippen LogP contribution in [0.4, 0.5) is 10.1 Å². The number of aryl methyl sites for hydroxylation is 1. The third-order valence-electron chi connectivity index (χ3n) is 2.97. The summed E-state index contributed by atoms with van der Waals surface area (Å²) in [5.41, 5.74) is 0.0133. The Morgan fingerprint density at radius 1 is 1.61 bits per heavy atom. The molecule has 96 valence electrons. The number of hydrogen-bond donors (Lipinski definition) is 1. The summed E-state index contributed by atoms with van der Waals surface area (Å²) in [6.45, 7) is 5.08. The first-order chi connectivity index (χ1) is 8.34. The van der Waals surface area contributed by atoms with Crippen LogP contribution in [-0.4, -0.2) is 5.91 Å². The molecule has 0 bridgehead atoms. The molecule has 0 saturated heterocycles. The lowest BCUT2D eigenvalue weighted by molar-refractivity contribution is -0.122. The van der Waals surface area contributed by atoms with Crippen LogP contribution in [0.15, 0.2) is 16.6 Å². The van der Waals surface area contributed by atoms with Crippen molar-refractivity contribution in [3.63, 3.8) is 0 Å². The molecule has 18 heavy (non-hydrogen) atoms. The van der Waals surface area contributed by atoms with Gasteiger partial charge in [-0.1, -0.05) is 6.92 Å². The predicted molar refractivity (Wildman–Crippen MR) is 71.5 cm³/mol. The summed E-state index contributed by atoms with van der Waals surface area (Å²) < 4.78 is 13.8. The van der Waals surface area contributed by atoms with Gasteiger partial charge in [0.05, 0.1) is 10.5 Å². The SMILES string of the molecule is CCC(C)(C#N)C(=O)Nc1cc(F)c(Br)cc1C. The molecule has 1 aromatic rings. The van der Waals surface area contributed by atoms with Gasteiger partial charge in [0.1, 0.15) is 11.2 Å². The maximum Gasteiger partial charge on any atom is 0.244 e. The van der Waals surface area contributed by atoms with Gasteiger partial charge >= 0.3 is 0 Å². The Morgan fingerprint density at radius 3 is 2.72 bits per heavy atom. The average molecular weight is 313 g/mol. The summed E-state index contributed by atoms with van der Waals surface area (Å²) in [6.07, 6.45) is 0.396. The topological polar surface area (TPSA) is 52.9 Å². The minimum Gasteiger partial charge on any atom is -0.324 e. The summed E-state index contributed by atoms with van der Waals surface area (Å²) in [7, 11) is 0. The van der Waals surface area contributed by atoms with Gasteiger partial charge in [-0.15, -0.1) is 0 Å². The number of carbonyl (C=O) groups excluding carboxylic acids is 1. The van der Waals surface area contributed by atoms with Crippen LogP contribution in [0.25, 0.3) is 0 Å². The third-order valence-corrected chi connectivity index (χ3v) is 3.58. The predicted octanol–water partition coefficient (Wildman–Crippen LogP) is 3.78. The lowest BCUT2D eigenvalue weighted by Crippen LogP contribution is -2.31. The molecule has 0 aliphatic carbocycles. The molecule has 1 unspecified atom stereocenters. The Balaban J connectivity index is 3.03. The number of nitriles is 1. The molecular formula is C13H14BrFN2O. The van der Waals surface area contributed by atoms with E-state index in [1.807, 2.05) is 6.07 Å². The highest BCUT2D eigenvalue weighted by atomic mass is 79.9. The van der Waals surface area contributed by atoms with Crippen LogP contribution in [0.2, 0.25) is 0 Å². The summed E-state index contributed by atoms with van der Waals surface area (Å²) in [6, 6.07) is 4.80. The zero-order chi connectivity index (χ0) is 13.9. The molecule has 0 radical (unpaired) electrons. The second kappa shape index (κ2) is 5.49. The second-order valence-corrected chi connectivity index (χ2v) is 5.19. The molecule has 0 heterocycles. The normalized spacial score (nSPS) is 13.6. The average Bonchev–Trinajstić information content (AvgIpc) is 2.34. The molecule has 0 aromatic heterocycles. The maximum absolute atomic E-state index is 13.4. The standard InChI is InChI=1S/C13H14BrFN2O/c1-4-13(3,7-16)12(18)17-11-6-10(15)9(14)5-8(11)2/h5-6H,4H2,1-3H3,(H,17,18). The molecule has 0 aliphatic heterocycles. The lowest BCUT2D eigenvalue weighted by Gasteiger charge is -2.19. The number of rotatable bonds is 3. The highest BCUT2D eigenvalue weighted by molar-refractivity contribution is 9.10. The van der Waals surface area contributed by atoms with Crippen molar-refractivity contribution in [1.29, 1.82) is 5.26 Å². The second-order valence-electron chi connectivity index (χ2n) is 4.33. The van der Waals surface area contributed by atoms with Crippen molar-refractivity contribution in [3.8, 4) is 6.07 Å². The first kappa shape index (κ1) is 14.7. The number of anilines is 1. The fraction of sp³-hybridized carbons (Fsp3) is 0.385. The van der Waals surface area contributed by atoms with Gasteiger partial charge in [0.2, 0.25) is 5.91 Å². The number of nitrogens with zero attached hydrogens (tertiary/aromatic N) is 1. The first-order valence-corrected chi connectivity index (χ1v) is 6.31. The number of benzene rings is 1. The smallest absolute Gasteiger partial charge is 0.244 e. The van der Waals surface area contributed by atoms with E-state index in [1.54, 1.807) is 26.8 Å². The van der Waals surface area contributed by atoms with E-state index in [1.165, 1.54) is 6.07 Å². The van der Waals surface area contributed by atoms with E-state index in [4.69, 9.17) is 5.26 Å². The van der Waals surface area contributed by atoms with Gasteiger partial charge in [-0.25, -0.2) is 4.39 Å². The van der Waals surface area contributed by atoms with Crippen molar-refractivity contribution in [2.45, 2.75) is 27.2 Å². The molecule has 1 aromatic carbocycles. The molecule has 0 saturated carbocycles. The van der Waals surface area contributed by atoms with E-state index < -0.39 is 17.1 Å².